The third kappa shape index (κ3) is 3.56. The zero-order valence-electron chi connectivity index (χ0n) is 17.0. The maximum Gasteiger partial charge on any atom is 0.325 e. The lowest BCUT2D eigenvalue weighted by molar-refractivity contribution is -0.134. The fraction of sp³-hybridized carbons (Fsp3) is 0.348. The number of carbonyl (C=O) groups excluding carboxylic acids is 3. The van der Waals surface area contributed by atoms with Gasteiger partial charge >= 0.3 is 6.03 Å². The lowest BCUT2D eigenvalue weighted by Gasteiger charge is -2.23. The Morgan fingerprint density at radius 3 is 2.70 bits per heavy atom. The molecular weight excluding hydrogens is 385 g/mol. The lowest BCUT2D eigenvalue weighted by atomic mass is 9.89. The summed E-state index contributed by atoms with van der Waals surface area (Å²) in [5.74, 6) is -1.22. The van der Waals surface area contributed by atoms with Gasteiger partial charge in [0.1, 0.15) is 17.9 Å². The second-order valence-electron chi connectivity index (χ2n) is 8.14. The van der Waals surface area contributed by atoms with Crippen LogP contribution in [-0.4, -0.2) is 29.3 Å². The third-order valence-corrected chi connectivity index (χ3v) is 5.96. The number of amides is 4. The minimum absolute atomic E-state index is 0.186. The zero-order chi connectivity index (χ0) is 21.5. The van der Waals surface area contributed by atoms with E-state index in [0.717, 1.165) is 35.3 Å². The molecule has 1 fully saturated rings. The van der Waals surface area contributed by atoms with Gasteiger partial charge < -0.3 is 10.6 Å². The number of rotatable bonds is 5. The number of hydrogen-bond acceptors (Lipinski definition) is 3. The quantitative estimate of drug-likeness (QED) is 0.746. The van der Waals surface area contributed by atoms with Crippen LogP contribution in [0.3, 0.4) is 0 Å². The lowest BCUT2D eigenvalue weighted by Crippen LogP contribution is -2.43. The molecule has 1 atom stereocenters. The van der Waals surface area contributed by atoms with E-state index in [9.17, 15) is 18.8 Å². The van der Waals surface area contributed by atoms with Crippen molar-refractivity contribution >= 4 is 17.8 Å². The molecule has 1 heterocycles. The zero-order valence-corrected chi connectivity index (χ0v) is 17.0. The number of nitrogens with zero attached hydrogens (tertiary/aromatic N) is 1. The molecule has 0 radical (unpaired) electrons. The molecule has 0 bridgehead atoms. The van der Waals surface area contributed by atoms with E-state index < -0.39 is 23.4 Å². The summed E-state index contributed by atoms with van der Waals surface area (Å²) >= 11 is 0. The Hall–Kier alpha value is -3.22. The third-order valence-electron chi connectivity index (χ3n) is 5.96. The molecular formula is C23H24FN3O3. The second-order valence-corrected chi connectivity index (χ2v) is 8.14. The Morgan fingerprint density at radius 1 is 1.17 bits per heavy atom. The number of carbonyl (C=O) groups is 3. The van der Waals surface area contributed by atoms with E-state index in [-0.39, 0.29) is 18.9 Å². The molecule has 2 aromatic rings. The summed E-state index contributed by atoms with van der Waals surface area (Å²) in [6.07, 6.45) is 3.10. The van der Waals surface area contributed by atoms with Gasteiger partial charge in [-0.15, -0.1) is 0 Å². The Balaban J connectivity index is 1.43. The molecule has 2 aliphatic rings. The van der Waals surface area contributed by atoms with Crippen molar-refractivity contribution in [3.8, 4) is 0 Å². The number of fused-ring (bicyclic) bond motifs is 1. The van der Waals surface area contributed by atoms with Crippen LogP contribution in [0.2, 0.25) is 0 Å². The van der Waals surface area contributed by atoms with Crippen LogP contribution >= 0.6 is 0 Å². The average Bonchev–Trinajstić information content (AvgIpc) is 3.27. The van der Waals surface area contributed by atoms with Gasteiger partial charge in [-0.3, -0.25) is 14.5 Å². The first-order chi connectivity index (χ1) is 14.3. The molecule has 1 saturated heterocycles. The van der Waals surface area contributed by atoms with Crippen LogP contribution < -0.4 is 10.6 Å². The molecule has 4 rings (SSSR count). The molecule has 7 heteroatoms. The van der Waals surface area contributed by atoms with E-state index in [0.29, 0.717) is 5.56 Å². The number of imide groups is 1. The van der Waals surface area contributed by atoms with Gasteiger partial charge in [0.05, 0.1) is 0 Å². The van der Waals surface area contributed by atoms with Crippen molar-refractivity contribution in [1.29, 1.82) is 0 Å². The first kappa shape index (κ1) is 20.1. The fourth-order valence-electron chi connectivity index (χ4n) is 4.14. The highest BCUT2D eigenvalue weighted by Gasteiger charge is 2.49. The highest BCUT2D eigenvalue weighted by molar-refractivity contribution is 6.09. The van der Waals surface area contributed by atoms with Crippen molar-refractivity contribution in [3.63, 3.8) is 0 Å². The molecule has 156 valence electrons. The van der Waals surface area contributed by atoms with Crippen molar-refractivity contribution in [1.82, 2.24) is 15.5 Å². The minimum Gasteiger partial charge on any atom is -0.350 e. The van der Waals surface area contributed by atoms with Gasteiger partial charge in [0, 0.05) is 6.54 Å². The minimum atomic E-state index is -1.19. The molecule has 2 aromatic carbocycles. The van der Waals surface area contributed by atoms with Gasteiger partial charge in [-0.05, 0) is 67.0 Å². The van der Waals surface area contributed by atoms with Crippen LogP contribution in [0.15, 0.2) is 36.4 Å². The number of aryl methyl sites for hydroxylation is 3. The van der Waals surface area contributed by atoms with E-state index >= 15 is 0 Å². The standard InChI is InChI=1S/C23H24FN3O3/c1-14-10-15(6-9-19(14)24)12-25-20(28)13-27-21(29)23(2,26-22(27)30)18-8-7-16-4-3-5-17(16)11-18/h6-11H,3-5,12-13H2,1-2H3,(H,25,28)(H,26,30). The summed E-state index contributed by atoms with van der Waals surface area (Å²) in [6.45, 7) is 3.13. The van der Waals surface area contributed by atoms with E-state index in [1.165, 1.54) is 17.2 Å². The molecule has 0 spiro atoms. The average molecular weight is 409 g/mol. The highest BCUT2D eigenvalue weighted by Crippen LogP contribution is 2.32. The van der Waals surface area contributed by atoms with Crippen LogP contribution in [0.5, 0.6) is 0 Å². The maximum absolute atomic E-state index is 13.4. The summed E-state index contributed by atoms with van der Waals surface area (Å²) in [5.41, 5.74) is 3.26. The van der Waals surface area contributed by atoms with Crippen LogP contribution in [0, 0.1) is 12.7 Å². The Kier molecular flexibility index (Phi) is 5.05. The molecule has 0 saturated carbocycles. The molecule has 1 aliphatic carbocycles. The van der Waals surface area contributed by atoms with Crippen LogP contribution in [-0.2, 0) is 34.5 Å². The predicted octanol–water partition coefficient (Wildman–Crippen LogP) is 2.71. The van der Waals surface area contributed by atoms with E-state index in [2.05, 4.69) is 10.6 Å². The van der Waals surface area contributed by atoms with Gasteiger partial charge in [-0.25, -0.2) is 9.18 Å². The van der Waals surface area contributed by atoms with E-state index in [1.54, 1.807) is 26.0 Å². The maximum atomic E-state index is 13.4. The van der Waals surface area contributed by atoms with Crippen molar-refractivity contribution in [2.24, 2.45) is 0 Å². The van der Waals surface area contributed by atoms with Crippen molar-refractivity contribution in [2.45, 2.75) is 45.2 Å². The van der Waals surface area contributed by atoms with Crippen molar-refractivity contribution < 1.29 is 18.8 Å². The van der Waals surface area contributed by atoms with Crippen LogP contribution in [0.1, 0.15) is 41.2 Å². The normalized spacial score (nSPS) is 20.3. The summed E-state index contributed by atoms with van der Waals surface area (Å²) in [6, 6.07) is 9.87. The first-order valence-electron chi connectivity index (χ1n) is 10.1. The van der Waals surface area contributed by atoms with Gasteiger partial charge in [-0.2, -0.15) is 0 Å². The molecule has 1 unspecified atom stereocenters. The topological polar surface area (TPSA) is 78.5 Å². The summed E-state index contributed by atoms with van der Waals surface area (Å²) in [7, 11) is 0. The number of benzene rings is 2. The Bertz CT molecular complexity index is 1050. The summed E-state index contributed by atoms with van der Waals surface area (Å²) < 4.78 is 13.4. The smallest absolute Gasteiger partial charge is 0.325 e. The van der Waals surface area contributed by atoms with Gasteiger partial charge in [0.2, 0.25) is 5.91 Å². The molecule has 2 N–H and O–H groups in total. The van der Waals surface area contributed by atoms with Crippen LogP contribution in [0.25, 0.3) is 0 Å². The van der Waals surface area contributed by atoms with Crippen molar-refractivity contribution in [3.05, 3.63) is 70.0 Å². The van der Waals surface area contributed by atoms with Crippen molar-refractivity contribution in [2.75, 3.05) is 6.54 Å². The number of urea groups is 1. The molecule has 4 amide bonds. The van der Waals surface area contributed by atoms with Crippen LogP contribution in [0.4, 0.5) is 9.18 Å². The summed E-state index contributed by atoms with van der Waals surface area (Å²) in [4.78, 5) is 38.8. The molecule has 30 heavy (non-hydrogen) atoms. The van der Waals surface area contributed by atoms with Gasteiger partial charge in [-0.1, -0.05) is 30.3 Å². The van der Waals surface area contributed by atoms with E-state index in [4.69, 9.17) is 0 Å². The second kappa shape index (κ2) is 7.55. The molecule has 6 nitrogen and oxygen atoms in total. The van der Waals surface area contributed by atoms with E-state index in [1.807, 2.05) is 18.2 Å². The largest absolute Gasteiger partial charge is 0.350 e. The number of nitrogens with one attached hydrogen (secondary N) is 2. The monoisotopic (exact) mass is 409 g/mol. The SMILES string of the molecule is Cc1cc(CNC(=O)CN2C(=O)NC(C)(c3ccc4c(c3)CCC4)C2=O)ccc1F. The van der Waals surface area contributed by atoms with Gasteiger partial charge in [0.25, 0.3) is 5.91 Å². The fourth-order valence-corrected chi connectivity index (χ4v) is 4.14. The summed E-state index contributed by atoms with van der Waals surface area (Å²) in [5, 5.41) is 5.43. The number of hydrogen-bond donors (Lipinski definition) is 2. The number of halogens is 1. The Morgan fingerprint density at radius 2 is 1.93 bits per heavy atom. The highest BCUT2D eigenvalue weighted by atomic mass is 19.1. The Labute approximate surface area is 174 Å². The molecule has 1 aliphatic heterocycles. The predicted molar refractivity (Wildman–Crippen MR) is 109 cm³/mol. The van der Waals surface area contributed by atoms with Gasteiger partial charge in [0.15, 0.2) is 0 Å². The molecule has 0 aromatic heterocycles. The first-order valence-corrected chi connectivity index (χ1v) is 10.1.